The Bertz CT molecular complexity index is 1070. The number of anilines is 2. The molecule has 0 N–H and O–H groups in total. The molecule has 7 heteroatoms. The molecule has 3 heterocycles. The number of ether oxygens (including phenoxy) is 2. The van der Waals surface area contributed by atoms with E-state index in [0.717, 1.165) is 18.4 Å². The molecule has 29 heavy (non-hydrogen) atoms. The molecule has 2 aromatic heterocycles. The van der Waals surface area contributed by atoms with E-state index in [-0.39, 0.29) is 18.4 Å². The Kier molecular flexibility index (Phi) is 4.16. The number of benzene rings is 1. The minimum Gasteiger partial charge on any atom is -0.454 e. The number of carbonyl (C=O) groups excluding carboxylic acids is 1. The molecule has 1 aliphatic carbocycles. The molecule has 5 rings (SSSR count). The van der Waals surface area contributed by atoms with Crippen molar-refractivity contribution >= 4 is 17.4 Å². The van der Waals surface area contributed by atoms with Crippen LogP contribution in [0.2, 0.25) is 0 Å². The predicted molar refractivity (Wildman–Crippen MR) is 104 cm³/mol. The van der Waals surface area contributed by atoms with Gasteiger partial charge in [-0.25, -0.2) is 9.37 Å². The van der Waals surface area contributed by atoms with Crippen LogP contribution in [0.25, 0.3) is 0 Å². The van der Waals surface area contributed by atoms with Crippen molar-refractivity contribution in [2.45, 2.75) is 24.9 Å². The van der Waals surface area contributed by atoms with Gasteiger partial charge < -0.3 is 9.47 Å². The quantitative estimate of drug-likeness (QED) is 0.656. The van der Waals surface area contributed by atoms with Crippen molar-refractivity contribution in [1.82, 2.24) is 9.97 Å². The second-order valence-electron chi connectivity index (χ2n) is 7.12. The van der Waals surface area contributed by atoms with E-state index in [4.69, 9.17) is 9.47 Å². The highest BCUT2D eigenvalue weighted by molar-refractivity contribution is 6.07. The van der Waals surface area contributed by atoms with Crippen molar-refractivity contribution in [2.24, 2.45) is 0 Å². The first-order valence-corrected chi connectivity index (χ1v) is 9.38. The fourth-order valence-corrected chi connectivity index (χ4v) is 3.68. The van der Waals surface area contributed by atoms with Gasteiger partial charge in [-0.15, -0.1) is 0 Å². The number of fused-ring (bicyclic) bond motifs is 1. The molecule has 0 bridgehead atoms. The number of carbonyl (C=O) groups is 1. The third kappa shape index (κ3) is 2.99. The third-order valence-electron chi connectivity index (χ3n) is 5.36. The topological polar surface area (TPSA) is 64.6 Å². The molecule has 146 valence electrons. The molecule has 0 unspecified atom stereocenters. The summed E-state index contributed by atoms with van der Waals surface area (Å²) < 4.78 is 24.1. The van der Waals surface area contributed by atoms with Crippen molar-refractivity contribution in [2.75, 3.05) is 11.7 Å². The van der Waals surface area contributed by atoms with Gasteiger partial charge in [0.05, 0.1) is 16.8 Å². The molecule has 6 nitrogen and oxygen atoms in total. The molecule has 1 aliphatic heterocycles. The lowest BCUT2D eigenvalue weighted by molar-refractivity contribution is -0.120. The lowest BCUT2D eigenvalue weighted by Gasteiger charge is -2.27. The van der Waals surface area contributed by atoms with Crippen LogP contribution in [0.3, 0.4) is 0 Å². The average molecular weight is 391 g/mol. The summed E-state index contributed by atoms with van der Waals surface area (Å²) >= 11 is 0. The standard InChI is InChI=1S/C22H18FN3O3/c23-13-16-12-17(6-10-24-16)26(20-3-1-2-9-25-20)21(27)22(7-8-22)15-4-5-18-19(11-15)29-14-28-18/h1-6,9-12H,7-8,13-14H2. The Labute approximate surface area is 166 Å². The number of pyridine rings is 2. The molecule has 1 fully saturated rings. The SMILES string of the molecule is O=C(N(c1ccnc(CF)c1)c1ccccn1)C1(c2ccc3c(c2)OCO3)CC1. The minimum absolute atomic E-state index is 0.105. The summed E-state index contributed by atoms with van der Waals surface area (Å²) in [6, 6.07) is 14.3. The normalized spacial score (nSPS) is 15.8. The summed E-state index contributed by atoms with van der Waals surface area (Å²) in [7, 11) is 0. The Morgan fingerprint density at radius 1 is 1.03 bits per heavy atom. The number of hydrogen-bond donors (Lipinski definition) is 0. The van der Waals surface area contributed by atoms with Gasteiger partial charge in [-0.3, -0.25) is 14.7 Å². The van der Waals surface area contributed by atoms with Crippen LogP contribution in [0.15, 0.2) is 60.9 Å². The molecule has 2 aliphatic rings. The van der Waals surface area contributed by atoms with Crippen LogP contribution >= 0.6 is 0 Å². The average Bonchev–Trinajstić information content (AvgIpc) is 3.45. The van der Waals surface area contributed by atoms with Crippen molar-refractivity contribution in [3.8, 4) is 11.5 Å². The maximum Gasteiger partial charge on any atom is 0.243 e. The second-order valence-corrected chi connectivity index (χ2v) is 7.12. The summed E-state index contributed by atoms with van der Waals surface area (Å²) in [5.41, 5.74) is 1.03. The van der Waals surface area contributed by atoms with Gasteiger partial charge in [-0.2, -0.15) is 0 Å². The Morgan fingerprint density at radius 2 is 1.90 bits per heavy atom. The zero-order valence-corrected chi connectivity index (χ0v) is 15.5. The molecule has 1 saturated carbocycles. The highest BCUT2D eigenvalue weighted by Gasteiger charge is 2.54. The Hall–Kier alpha value is -3.48. The van der Waals surface area contributed by atoms with Gasteiger partial charge in [0.1, 0.15) is 12.5 Å². The van der Waals surface area contributed by atoms with Crippen LogP contribution < -0.4 is 14.4 Å². The first-order valence-electron chi connectivity index (χ1n) is 9.38. The molecule has 3 aromatic rings. The van der Waals surface area contributed by atoms with Crippen molar-refractivity contribution < 1.29 is 18.7 Å². The maximum absolute atomic E-state index is 13.8. The monoisotopic (exact) mass is 391 g/mol. The molecule has 0 atom stereocenters. The summed E-state index contributed by atoms with van der Waals surface area (Å²) in [4.78, 5) is 23.8. The zero-order valence-electron chi connectivity index (χ0n) is 15.5. The van der Waals surface area contributed by atoms with E-state index in [0.29, 0.717) is 23.0 Å². The number of amides is 1. The largest absolute Gasteiger partial charge is 0.454 e. The first kappa shape index (κ1) is 17.6. The number of rotatable bonds is 5. The van der Waals surface area contributed by atoms with Crippen LogP contribution in [-0.4, -0.2) is 22.7 Å². The number of hydrogen-bond acceptors (Lipinski definition) is 5. The lowest BCUT2D eigenvalue weighted by atomic mass is 9.93. The fourth-order valence-electron chi connectivity index (χ4n) is 3.68. The summed E-state index contributed by atoms with van der Waals surface area (Å²) in [5.74, 6) is 1.71. The number of halogens is 1. The van der Waals surface area contributed by atoms with E-state index in [1.54, 1.807) is 35.4 Å². The minimum atomic E-state index is -0.703. The van der Waals surface area contributed by atoms with Crippen molar-refractivity contribution in [1.29, 1.82) is 0 Å². The summed E-state index contributed by atoms with van der Waals surface area (Å²) in [6.45, 7) is -0.520. The lowest BCUT2D eigenvalue weighted by Crippen LogP contribution is -2.36. The van der Waals surface area contributed by atoms with Crippen LogP contribution in [0, 0.1) is 0 Å². The van der Waals surface area contributed by atoms with Crippen molar-refractivity contribution in [3.05, 3.63) is 72.2 Å². The Morgan fingerprint density at radius 3 is 2.66 bits per heavy atom. The molecule has 0 radical (unpaired) electrons. The first-order chi connectivity index (χ1) is 14.2. The maximum atomic E-state index is 13.8. The Balaban J connectivity index is 1.58. The van der Waals surface area contributed by atoms with Gasteiger partial charge in [-0.05, 0) is 54.8 Å². The summed E-state index contributed by atoms with van der Waals surface area (Å²) in [6.07, 6.45) is 4.58. The smallest absolute Gasteiger partial charge is 0.243 e. The molecular weight excluding hydrogens is 373 g/mol. The number of nitrogens with zero attached hydrogens (tertiary/aromatic N) is 3. The van der Waals surface area contributed by atoms with Crippen LogP contribution in [0.5, 0.6) is 11.5 Å². The van der Waals surface area contributed by atoms with E-state index >= 15 is 0 Å². The van der Waals surface area contributed by atoms with Crippen LogP contribution in [-0.2, 0) is 16.9 Å². The summed E-state index contributed by atoms with van der Waals surface area (Å²) in [5, 5.41) is 0. The molecule has 1 amide bonds. The highest BCUT2D eigenvalue weighted by atomic mass is 19.1. The van der Waals surface area contributed by atoms with Gasteiger partial charge in [0, 0.05) is 12.4 Å². The fraction of sp³-hybridized carbons (Fsp3) is 0.227. The van der Waals surface area contributed by atoms with Crippen molar-refractivity contribution in [3.63, 3.8) is 0 Å². The van der Waals surface area contributed by atoms with Crippen LogP contribution in [0.1, 0.15) is 24.1 Å². The molecule has 1 aromatic carbocycles. The van der Waals surface area contributed by atoms with Crippen LogP contribution in [0.4, 0.5) is 15.9 Å². The number of aromatic nitrogens is 2. The van der Waals surface area contributed by atoms with E-state index in [1.807, 2.05) is 24.3 Å². The third-order valence-corrected chi connectivity index (χ3v) is 5.36. The second kappa shape index (κ2) is 6.84. The van der Waals surface area contributed by atoms with Gasteiger partial charge in [0.25, 0.3) is 0 Å². The van der Waals surface area contributed by atoms with E-state index < -0.39 is 12.1 Å². The van der Waals surface area contributed by atoms with Gasteiger partial charge >= 0.3 is 0 Å². The van der Waals surface area contributed by atoms with E-state index in [1.165, 1.54) is 6.20 Å². The highest BCUT2D eigenvalue weighted by Crippen LogP contribution is 2.52. The predicted octanol–water partition coefficient (Wildman–Crippen LogP) is 4.07. The number of alkyl halides is 1. The molecular formula is C22H18FN3O3. The van der Waals surface area contributed by atoms with Gasteiger partial charge in [-0.1, -0.05) is 12.1 Å². The van der Waals surface area contributed by atoms with Gasteiger partial charge in [0.2, 0.25) is 12.7 Å². The molecule has 0 saturated heterocycles. The molecule has 0 spiro atoms. The zero-order chi connectivity index (χ0) is 19.8. The van der Waals surface area contributed by atoms with E-state index in [2.05, 4.69) is 9.97 Å². The van der Waals surface area contributed by atoms with E-state index in [9.17, 15) is 9.18 Å². The van der Waals surface area contributed by atoms with Gasteiger partial charge in [0.15, 0.2) is 11.5 Å².